The Morgan fingerprint density at radius 3 is 2.29 bits per heavy atom. The highest BCUT2D eigenvalue weighted by molar-refractivity contribution is 7.92. The van der Waals surface area contributed by atoms with Gasteiger partial charge in [-0.3, -0.25) is 9.52 Å². The molecule has 1 atom stereocenters. The Hall–Kier alpha value is -3.52. The standard InChI is InChI=1S/C23H22N2O5S/c1-16(18-9-12-21-22(15-18)30-14-13-29-21)24-23(26)17-7-10-19(11-8-17)25-31(27,28)20-5-3-2-4-6-20/h2-12,15-16,25H,13-14H2,1H3,(H,24,26)/t16-/m1/s1. The number of amides is 1. The van der Waals surface area contributed by atoms with E-state index in [1.54, 1.807) is 42.5 Å². The van der Waals surface area contributed by atoms with Crippen LogP contribution in [0.4, 0.5) is 5.69 Å². The lowest BCUT2D eigenvalue weighted by Crippen LogP contribution is -2.26. The SMILES string of the molecule is C[C@@H](NC(=O)c1ccc(NS(=O)(=O)c2ccccc2)cc1)c1ccc2c(c1)OCCO2. The van der Waals surface area contributed by atoms with Gasteiger partial charge in [-0.05, 0) is 61.0 Å². The molecule has 1 amide bonds. The molecule has 0 aromatic heterocycles. The second-order valence-electron chi connectivity index (χ2n) is 7.09. The lowest BCUT2D eigenvalue weighted by atomic mass is 10.1. The molecule has 3 aromatic rings. The van der Waals surface area contributed by atoms with Crippen LogP contribution < -0.4 is 19.5 Å². The topological polar surface area (TPSA) is 93.7 Å². The Morgan fingerprint density at radius 2 is 1.58 bits per heavy atom. The minimum absolute atomic E-state index is 0.171. The van der Waals surface area contributed by atoms with E-state index in [9.17, 15) is 13.2 Å². The average molecular weight is 439 g/mol. The third-order valence-corrected chi connectivity index (χ3v) is 6.26. The number of benzene rings is 3. The molecule has 1 heterocycles. The number of anilines is 1. The van der Waals surface area contributed by atoms with Gasteiger partial charge in [0.25, 0.3) is 15.9 Å². The van der Waals surface area contributed by atoms with Crippen LogP contribution in [0.5, 0.6) is 11.5 Å². The maximum Gasteiger partial charge on any atom is 0.261 e. The van der Waals surface area contributed by atoms with Crippen LogP contribution in [0.1, 0.15) is 28.9 Å². The van der Waals surface area contributed by atoms with Crippen molar-refractivity contribution in [1.82, 2.24) is 5.32 Å². The van der Waals surface area contributed by atoms with Crippen LogP contribution in [-0.4, -0.2) is 27.5 Å². The Kier molecular flexibility index (Phi) is 5.81. The van der Waals surface area contributed by atoms with Crippen molar-refractivity contribution in [2.75, 3.05) is 17.9 Å². The van der Waals surface area contributed by atoms with Crippen molar-refractivity contribution in [3.63, 3.8) is 0 Å². The molecule has 0 saturated carbocycles. The first kappa shape index (κ1) is 20.7. The maximum atomic E-state index is 12.6. The van der Waals surface area contributed by atoms with Gasteiger partial charge < -0.3 is 14.8 Å². The van der Waals surface area contributed by atoms with E-state index in [0.29, 0.717) is 36.0 Å². The van der Waals surface area contributed by atoms with Crippen molar-refractivity contribution < 1.29 is 22.7 Å². The van der Waals surface area contributed by atoms with Gasteiger partial charge in [0.15, 0.2) is 11.5 Å². The zero-order valence-corrected chi connectivity index (χ0v) is 17.7. The zero-order valence-electron chi connectivity index (χ0n) is 16.9. The first-order valence-corrected chi connectivity index (χ1v) is 11.3. The maximum absolute atomic E-state index is 12.6. The molecule has 2 N–H and O–H groups in total. The molecule has 0 radical (unpaired) electrons. The summed E-state index contributed by atoms with van der Waals surface area (Å²) in [6.45, 7) is 2.90. The number of rotatable bonds is 6. The third-order valence-electron chi connectivity index (χ3n) is 4.87. The molecule has 1 aliphatic heterocycles. The monoisotopic (exact) mass is 438 g/mol. The fourth-order valence-electron chi connectivity index (χ4n) is 3.20. The molecule has 31 heavy (non-hydrogen) atoms. The number of nitrogens with one attached hydrogen (secondary N) is 2. The minimum atomic E-state index is -3.68. The van der Waals surface area contributed by atoms with E-state index in [-0.39, 0.29) is 16.8 Å². The summed E-state index contributed by atoms with van der Waals surface area (Å²) >= 11 is 0. The molecule has 4 rings (SSSR count). The number of sulfonamides is 1. The number of hydrogen-bond acceptors (Lipinski definition) is 5. The Labute approximate surface area is 181 Å². The van der Waals surface area contributed by atoms with Gasteiger partial charge in [0.1, 0.15) is 13.2 Å². The van der Waals surface area contributed by atoms with Gasteiger partial charge in [-0.15, -0.1) is 0 Å². The highest BCUT2D eigenvalue weighted by Crippen LogP contribution is 2.32. The van der Waals surface area contributed by atoms with Crippen LogP contribution in [0.2, 0.25) is 0 Å². The van der Waals surface area contributed by atoms with Gasteiger partial charge in [-0.25, -0.2) is 8.42 Å². The number of ether oxygens (including phenoxy) is 2. The summed E-state index contributed by atoms with van der Waals surface area (Å²) < 4.78 is 38.5. The molecule has 0 aliphatic carbocycles. The number of fused-ring (bicyclic) bond motifs is 1. The van der Waals surface area contributed by atoms with Crippen LogP contribution >= 0.6 is 0 Å². The summed E-state index contributed by atoms with van der Waals surface area (Å²) in [5.74, 6) is 1.10. The van der Waals surface area contributed by atoms with E-state index in [2.05, 4.69) is 10.0 Å². The smallest absolute Gasteiger partial charge is 0.261 e. The molecule has 0 spiro atoms. The second kappa shape index (κ2) is 8.69. The number of carbonyl (C=O) groups is 1. The third kappa shape index (κ3) is 4.80. The van der Waals surface area contributed by atoms with E-state index in [4.69, 9.17) is 9.47 Å². The van der Waals surface area contributed by atoms with E-state index in [0.717, 1.165) is 5.56 Å². The highest BCUT2D eigenvalue weighted by atomic mass is 32.2. The van der Waals surface area contributed by atoms with Crippen LogP contribution in [-0.2, 0) is 10.0 Å². The number of carbonyl (C=O) groups excluding carboxylic acids is 1. The molecule has 3 aromatic carbocycles. The highest BCUT2D eigenvalue weighted by Gasteiger charge is 2.17. The summed E-state index contributed by atoms with van der Waals surface area (Å²) in [6, 6.07) is 19.7. The van der Waals surface area contributed by atoms with Gasteiger partial charge in [-0.1, -0.05) is 24.3 Å². The predicted molar refractivity (Wildman–Crippen MR) is 117 cm³/mol. The molecule has 0 unspecified atom stereocenters. The molecule has 1 aliphatic rings. The van der Waals surface area contributed by atoms with Gasteiger partial charge in [0.2, 0.25) is 0 Å². The Balaban J connectivity index is 1.41. The molecule has 0 fully saturated rings. The second-order valence-corrected chi connectivity index (χ2v) is 8.78. The summed E-state index contributed by atoms with van der Waals surface area (Å²) in [5.41, 5.74) is 1.69. The van der Waals surface area contributed by atoms with E-state index in [1.165, 1.54) is 12.1 Å². The van der Waals surface area contributed by atoms with Gasteiger partial charge in [0, 0.05) is 11.3 Å². The first-order chi connectivity index (χ1) is 14.9. The van der Waals surface area contributed by atoms with E-state index >= 15 is 0 Å². The molecule has 160 valence electrons. The van der Waals surface area contributed by atoms with Crippen LogP contribution in [0.25, 0.3) is 0 Å². The van der Waals surface area contributed by atoms with Gasteiger partial charge >= 0.3 is 0 Å². The van der Waals surface area contributed by atoms with Crippen molar-refractivity contribution in [2.45, 2.75) is 17.9 Å². The van der Waals surface area contributed by atoms with E-state index < -0.39 is 10.0 Å². The molecular weight excluding hydrogens is 416 g/mol. The molecule has 7 nitrogen and oxygen atoms in total. The summed E-state index contributed by atoms with van der Waals surface area (Å²) in [5, 5.41) is 2.94. The average Bonchev–Trinajstić information content (AvgIpc) is 2.79. The minimum Gasteiger partial charge on any atom is -0.486 e. The molecule has 0 saturated heterocycles. The Bertz CT molecular complexity index is 1180. The summed E-state index contributed by atoms with van der Waals surface area (Å²) in [4.78, 5) is 12.8. The Morgan fingerprint density at radius 1 is 0.903 bits per heavy atom. The predicted octanol–water partition coefficient (Wildman–Crippen LogP) is 3.75. The first-order valence-electron chi connectivity index (χ1n) is 9.81. The zero-order chi connectivity index (χ0) is 21.8. The lowest BCUT2D eigenvalue weighted by molar-refractivity contribution is 0.0939. The van der Waals surface area contributed by atoms with Gasteiger partial charge in [0.05, 0.1) is 10.9 Å². The van der Waals surface area contributed by atoms with E-state index in [1.807, 2.05) is 25.1 Å². The summed E-state index contributed by atoms with van der Waals surface area (Å²) in [7, 11) is -3.68. The van der Waals surface area contributed by atoms with Crippen molar-refractivity contribution in [2.24, 2.45) is 0 Å². The summed E-state index contributed by atoms with van der Waals surface area (Å²) in [6.07, 6.45) is 0. The van der Waals surface area contributed by atoms with Crippen LogP contribution in [0.15, 0.2) is 77.7 Å². The fourth-order valence-corrected chi connectivity index (χ4v) is 4.28. The quantitative estimate of drug-likeness (QED) is 0.611. The van der Waals surface area contributed by atoms with Crippen molar-refractivity contribution in [3.05, 3.63) is 83.9 Å². The van der Waals surface area contributed by atoms with Gasteiger partial charge in [-0.2, -0.15) is 0 Å². The lowest BCUT2D eigenvalue weighted by Gasteiger charge is -2.21. The van der Waals surface area contributed by atoms with Crippen molar-refractivity contribution >= 4 is 21.6 Å². The van der Waals surface area contributed by atoms with Crippen LogP contribution in [0.3, 0.4) is 0 Å². The number of hydrogen-bond donors (Lipinski definition) is 2. The van der Waals surface area contributed by atoms with Crippen LogP contribution in [0, 0.1) is 0 Å². The molecule has 0 bridgehead atoms. The molecular formula is C23H22N2O5S. The fraction of sp³-hybridized carbons (Fsp3) is 0.174. The van der Waals surface area contributed by atoms with Crippen molar-refractivity contribution in [3.8, 4) is 11.5 Å². The normalized spacial score (nSPS) is 13.8. The van der Waals surface area contributed by atoms with Crippen molar-refractivity contribution in [1.29, 1.82) is 0 Å². The largest absolute Gasteiger partial charge is 0.486 e. The molecule has 8 heteroatoms.